The summed E-state index contributed by atoms with van der Waals surface area (Å²) >= 11 is 5.64. The van der Waals surface area contributed by atoms with E-state index in [9.17, 15) is 5.11 Å². The summed E-state index contributed by atoms with van der Waals surface area (Å²) < 4.78 is 0. The quantitative estimate of drug-likeness (QED) is 0.679. The zero-order chi connectivity index (χ0) is 11.4. The van der Waals surface area contributed by atoms with Gasteiger partial charge < -0.3 is 16.2 Å². The third-order valence-electron chi connectivity index (χ3n) is 1.87. The average Bonchev–Trinajstić information content (AvgIpc) is 2.10. The molecule has 0 saturated heterocycles. The molecular weight excluding hydrogens is 216 g/mol. The number of hydrogen-bond donors (Lipinski definition) is 3. The van der Waals surface area contributed by atoms with Crippen LogP contribution in [0, 0.1) is 0 Å². The van der Waals surface area contributed by atoms with Crippen LogP contribution >= 0.6 is 11.6 Å². The summed E-state index contributed by atoms with van der Waals surface area (Å²) in [7, 11) is 0. The lowest BCUT2D eigenvalue weighted by Gasteiger charge is -2.16. The topological polar surface area (TPSA) is 84.1 Å². The molecule has 0 saturated carbocycles. The number of aliphatic hydroxyl groups is 1. The van der Waals surface area contributed by atoms with Crippen molar-refractivity contribution >= 4 is 23.1 Å². The van der Waals surface area contributed by atoms with Gasteiger partial charge in [0.15, 0.2) is 5.82 Å². The SMILES string of the molecule is CC(O)CC(C)Nc1nc(Cl)ncc1N. The molecule has 0 aliphatic rings. The lowest BCUT2D eigenvalue weighted by molar-refractivity contribution is 0.179. The number of halogens is 1. The van der Waals surface area contributed by atoms with E-state index in [4.69, 9.17) is 17.3 Å². The first kappa shape index (κ1) is 12.0. The normalized spacial score (nSPS) is 14.7. The second-order valence-electron chi connectivity index (χ2n) is 3.57. The Morgan fingerprint density at radius 2 is 2.27 bits per heavy atom. The van der Waals surface area contributed by atoms with E-state index in [0.29, 0.717) is 17.9 Å². The first-order chi connectivity index (χ1) is 6.99. The third kappa shape index (κ3) is 3.89. The zero-order valence-electron chi connectivity index (χ0n) is 8.74. The van der Waals surface area contributed by atoms with Crippen molar-refractivity contribution < 1.29 is 5.11 Å². The molecule has 2 atom stereocenters. The first-order valence-electron chi connectivity index (χ1n) is 4.71. The smallest absolute Gasteiger partial charge is 0.224 e. The van der Waals surface area contributed by atoms with Crippen LogP contribution in [0.5, 0.6) is 0 Å². The van der Waals surface area contributed by atoms with Crippen molar-refractivity contribution in [3.63, 3.8) is 0 Å². The summed E-state index contributed by atoms with van der Waals surface area (Å²) in [6.07, 6.45) is 1.69. The van der Waals surface area contributed by atoms with E-state index >= 15 is 0 Å². The molecule has 0 spiro atoms. The Hall–Kier alpha value is -1.07. The van der Waals surface area contributed by atoms with Gasteiger partial charge in [-0.3, -0.25) is 0 Å². The van der Waals surface area contributed by atoms with Crippen LogP contribution in [0.2, 0.25) is 5.28 Å². The Morgan fingerprint density at radius 1 is 1.60 bits per heavy atom. The number of aliphatic hydroxyl groups excluding tert-OH is 1. The molecule has 0 radical (unpaired) electrons. The molecule has 0 aromatic carbocycles. The number of nitrogens with zero attached hydrogens (tertiary/aromatic N) is 2. The van der Waals surface area contributed by atoms with Crippen LogP contribution in [0.15, 0.2) is 6.20 Å². The molecule has 0 bridgehead atoms. The predicted molar refractivity (Wildman–Crippen MR) is 60.8 cm³/mol. The predicted octanol–water partition coefficient (Wildman–Crippen LogP) is 1.28. The summed E-state index contributed by atoms with van der Waals surface area (Å²) in [5.74, 6) is 0.503. The molecule has 6 heteroatoms. The van der Waals surface area contributed by atoms with Gasteiger partial charge in [-0.25, -0.2) is 4.98 Å². The van der Waals surface area contributed by atoms with Gasteiger partial charge in [-0.1, -0.05) is 0 Å². The highest BCUT2D eigenvalue weighted by Crippen LogP contribution is 2.17. The van der Waals surface area contributed by atoms with Gasteiger partial charge in [0.25, 0.3) is 0 Å². The van der Waals surface area contributed by atoms with E-state index in [2.05, 4.69) is 15.3 Å². The van der Waals surface area contributed by atoms with E-state index in [-0.39, 0.29) is 17.4 Å². The molecule has 0 amide bonds. The zero-order valence-corrected chi connectivity index (χ0v) is 9.49. The van der Waals surface area contributed by atoms with Crippen molar-refractivity contribution in [3.8, 4) is 0 Å². The molecule has 15 heavy (non-hydrogen) atoms. The maximum Gasteiger partial charge on any atom is 0.224 e. The van der Waals surface area contributed by atoms with Crippen LogP contribution in [-0.2, 0) is 0 Å². The molecule has 5 nitrogen and oxygen atoms in total. The molecular formula is C9H15ClN4O. The van der Waals surface area contributed by atoms with Gasteiger partial charge in [-0.05, 0) is 31.9 Å². The molecule has 0 fully saturated rings. The fraction of sp³-hybridized carbons (Fsp3) is 0.556. The number of nitrogen functional groups attached to an aromatic ring is 1. The molecule has 1 aromatic heterocycles. The van der Waals surface area contributed by atoms with Crippen molar-refractivity contribution in [1.82, 2.24) is 9.97 Å². The number of anilines is 2. The van der Waals surface area contributed by atoms with Crippen molar-refractivity contribution in [2.24, 2.45) is 0 Å². The summed E-state index contributed by atoms with van der Waals surface area (Å²) in [6.45, 7) is 3.66. The number of nitrogens with one attached hydrogen (secondary N) is 1. The van der Waals surface area contributed by atoms with Gasteiger partial charge in [-0.15, -0.1) is 0 Å². The summed E-state index contributed by atoms with van der Waals surface area (Å²) in [5.41, 5.74) is 6.10. The van der Waals surface area contributed by atoms with Gasteiger partial charge >= 0.3 is 0 Å². The Bertz CT molecular complexity index is 332. The second kappa shape index (κ2) is 5.14. The molecule has 2 unspecified atom stereocenters. The standard InChI is InChI=1S/C9H15ClN4O/c1-5(3-6(2)15)13-8-7(11)4-12-9(10)14-8/h4-6,15H,3,11H2,1-2H3,(H,12,13,14). The summed E-state index contributed by atoms with van der Waals surface area (Å²) in [4.78, 5) is 7.70. The Balaban J connectivity index is 2.67. The Kier molecular flexibility index (Phi) is 4.11. The first-order valence-corrected chi connectivity index (χ1v) is 5.09. The minimum Gasteiger partial charge on any atom is -0.394 e. The van der Waals surface area contributed by atoms with Gasteiger partial charge in [0.1, 0.15) is 0 Å². The highest BCUT2D eigenvalue weighted by molar-refractivity contribution is 6.28. The van der Waals surface area contributed by atoms with Crippen molar-refractivity contribution in [2.75, 3.05) is 11.1 Å². The van der Waals surface area contributed by atoms with E-state index in [1.807, 2.05) is 6.92 Å². The van der Waals surface area contributed by atoms with Crippen LogP contribution in [0.4, 0.5) is 11.5 Å². The number of nitrogens with two attached hydrogens (primary N) is 1. The maximum atomic E-state index is 9.19. The molecule has 1 rings (SSSR count). The molecule has 0 aliphatic heterocycles. The van der Waals surface area contributed by atoms with Gasteiger partial charge in [0.05, 0.1) is 18.0 Å². The number of rotatable bonds is 4. The van der Waals surface area contributed by atoms with Gasteiger partial charge in [-0.2, -0.15) is 4.98 Å². The fourth-order valence-corrected chi connectivity index (χ4v) is 1.42. The summed E-state index contributed by atoms with van der Waals surface area (Å²) in [5, 5.41) is 12.4. The van der Waals surface area contributed by atoms with E-state index in [1.165, 1.54) is 6.20 Å². The maximum absolute atomic E-state index is 9.19. The summed E-state index contributed by atoms with van der Waals surface area (Å²) in [6, 6.07) is 0.0678. The molecule has 0 aliphatic carbocycles. The minimum absolute atomic E-state index is 0.0678. The van der Waals surface area contributed by atoms with Gasteiger partial charge in [0.2, 0.25) is 5.28 Å². The van der Waals surface area contributed by atoms with Crippen molar-refractivity contribution in [1.29, 1.82) is 0 Å². The fourth-order valence-electron chi connectivity index (χ4n) is 1.29. The van der Waals surface area contributed by atoms with Gasteiger partial charge in [0, 0.05) is 6.04 Å². The molecule has 4 N–H and O–H groups in total. The highest BCUT2D eigenvalue weighted by atomic mass is 35.5. The Labute approximate surface area is 93.7 Å². The van der Waals surface area contributed by atoms with Crippen molar-refractivity contribution in [3.05, 3.63) is 11.5 Å². The Morgan fingerprint density at radius 3 is 2.87 bits per heavy atom. The van der Waals surface area contributed by atoms with Crippen LogP contribution < -0.4 is 11.1 Å². The van der Waals surface area contributed by atoms with E-state index in [1.54, 1.807) is 6.92 Å². The van der Waals surface area contributed by atoms with E-state index in [0.717, 1.165) is 0 Å². The molecule has 1 heterocycles. The lowest BCUT2D eigenvalue weighted by Crippen LogP contribution is -2.22. The minimum atomic E-state index is -0.369. The average molecular weight is 231 g/mol. The lowest BCUT2D eigenvalue weighted by atomic mass is 10.1. The largest absolute Gasteiger partial charge is 0.394 e. The van der Waals surface area contributed by atoms with E-state index < -0.39 is 0 Å². The second-order valence-corrected chi connectivity index (χ2v) is 3.91. The third-order valence-corrected chi connectivity index (χ3v) is 2.05. The van der Waals surface area contributed by atoms with Crippen LogP contribution in [0.3, 0.4) is 0 Å². The monoisotopic (exact) mass is 230 g/mol. The number of hydrogen-bond acceptors (Lipinski definition) is 5. The van der Waals surface area contributed by atoms with Crippen molar-refractivity contribution in [2.45, 2.75) is 32.4 Å². The van der Waals surface area contributed by atoms with Crippen LogP contribution in [-0.4, -0.2) is 27.2 Å². The highest BCUT2D eigenvalue weighted by Gasteiger charge is 2.09. The molecule has 1 aromatic rings. The van der Waals surface area contributed by atoms with Crippen LogP contribution in [0.25, 0.3) is 0 Å². The van der Waals surface area contributed by atoms with Crippen LogP contribution in [0.1, 0.15) is 20.3 Å². The number of aromatic nitrogens is 2. The molecule has 84 valence electrons.